The highest BCUT2D eigenvalue weighted by Gasteiger charge is 2.25. The van der Waals surface area contributed by atoms with E-state index in [1.807, 2.05) is 136 Å². The molecule has 0 saturated carbocycles. The summed E-state index contributed by atoms with van der Waals surface area (Å²) in [6, 6.07) is 33.2. The minimum Gasteiger partial charge on any atom is -0.494 e. The van der Waals surface area contributed by atoms with Crippen molar-refractivity contribution in [3.63, 3.8) is 0 Å². The first-order chi connectivity index (χ1) is 37.9. The van der Waals surface area contributed by atoms with E-state index < -0.39 is 29.6 Å². The van der Waals surface area contributed by atoms with Gasteiger partial charge in [0.1, 0.15) is 29.2 Å². The maximum absolute atomic E-state index is 12.8. The number of hydrogen-bond acceptors (Lipinski definition) is 12. The lowest BCUT2D eigenvalue weighted by Gasteiger charge is -2.22. The molecule has 2 atom stereocenters. The van der Waals surface area contributed by atoms with Crippen LogP contribution in [0.5, 0.6) is 11.5 Å². The molecule has 418 valence electrons. The van der Waals surface area contributed by atoms with Gasteiger partial charge in [-0.2, -0.15) is 0 Å². The van der Waals surface area contributed by atoms with Crippen molar-refractivity contribution in [2.24, 2.45) is 5.73 Å². The molecule has 1 amide bonds. The first-order valence-corrected chi connectivity index (χ1v) is 28.6. The molecule has 0 fully saturated rings. The zero-order valence-corrected chi connectivity index (χ0v) is 48.2. The number of benzene rings is 4. The number of rotatable bonds is 26. The number of nitrogens with zero attached hydrogens (tertiary/aromatic N) is 4. The summed E-state index contributed by atoms with van der Waals surface area (Å²) in [7, 11) is 0. The number of aliphatic carboxylic acids is 1. The van der Waals surface area contributed by atoms with E-state index in [-0.39, 0.29) is 17.7 Å². The summed E-state index contributed by atoms with van der Waals surface area (Å²) >= 11 is 1.39. The molecule has 0 aliphatic heterocycles. The molecule has 4 N–H and O–H groups in total. The Kier molecular flexibility index (Phi) is 23.3. The molecule has 13 nitrogen and oxygen atoms in total. The van der Waals surface area contributed by atoms with Gasteiger partial charge in [0.2, 0.25) is 0 Å². The number of unbranched alkanes of at least 4 members (excludes halogenated alkanes) is 8. The Bertz CT molecular complexity index is 2950. The summed E-state index contributed by atoms with van der Waals surface area (Å²) in [5, 5.41) is 12.4. The summed E-state index contributed by atoms with van der Waals surface area (Å²) in [4.78, 5) is 56.6. The summed E-state index contributed by atoms with van der Waals surface area (Å²) in [6.45, 7) is 17.7. The summed E-state index contributed by atoms with van der Waals surface area (Å²) < 4.78 is 17.1. The van der Waals surface area contributed by atoms with Crippen LogP contribution in [0.15, 0.2) is 134 Å². The maximum Gasteiger partial charge on any atom is 0.326 e. The van der Waals surface area contributed by atoms with Gasteiger partial charge >= 0.3 is 11.9 Å². The van der Waals surface area contributed by atoms with Gasteiger partial charge in [0.05, 0.1) is 18.1 Å². The van der Waals surface area contributed by atoms with E-state index in [0.717, 1.165) is 86.9 Å². The zero-order valence-electron chi connectivity index (χ0n) is 47.4. The minimum atomic E-state index is -1.08. The first kappa shape index (κ1) is 60.9. The van der Waals surface area contributed by atoms with Crippen LogP contribution in [0, 0.1) is 0 Å². The average molecular weight is 1090 g/mol. The maximum atomic E-state index is 12.8. The number of carbonyl (C=O) groups excluding carboxylic acids is 2. The molecule has 0 unspecified atom stereocenters. The second kappa shape index (κ2) is 30.2. The van der Waals surface area contributed by atoms with Crippen molar-refractivity contribution in [2.75, 3.05) is 13.2 Å². The van der Waals surface area contributed by atoms with Crippen LogP contribution in [0.1, 0.15) is 145 Å². The Morgan fingerprint density at radius 3 is 1.35 bits per heavy atom. The van der Waals surface area contributed by atoms with Crippen molar-refractivity contribution in [3.8, 4) is 56.5 Å². The molecule has 0 spiro atoms. The van der Waals surface area contributed by atoms with E-state index >= 15 is 0 Å². The fourth-order valence-electron chi connectivity index (χ4n) is 8.35. The molecule has 7 aromatic rings. The fraction of sp³-hybridized carbons (Fsp3) is 0.400. The van der Waals surface area contributed by atoms with Crippen LogP contribution in [0.2, 0.25) is 0 Å². The van der Waals surface area contributed by atoms with Crippen molar-refractivity contribution in [1.82, 2.24) is 25.3 Å². The van der Waals surface area contributed by atoms with Gasteiger partial charge < -0.3 is 30.4 Å². The second-order valence-corrected chi connectivity index (χ2v) is 23.0. The highest BCUT2D eigenvalue weighted by Crippen LogP contribution is 2.30. The topological polar surface area (TPSA) is 189 Å². The molecule has 7 rings (SSSR count). The van der Waals surface area contributed by atoms with Crippen LogP contribution in [0.4, 0.5) is 0 Å². The Labute approximate surface area is 471 Å². The van der Waals surface area contributed by atoms with Gasteiger partial charge in [0.15, 0.2) is 11.6 Å². The smallest absolute Gasteiger partial charge is 0.326 e. The lowest BCUT2D eigenvalue weighted by atomic mass is 9.95. The lowest BCUT2D eigenvalue weighted by Crippen LogP contribution is -2.42. The fourth-order valence-corrected chi connectivity index (χ4v) is 9.32. The van der Waals surface area contributed by atoms with Crippen LogP contribution in [-0.4, -0.2) is 73.8 Å². The predicted molar refractivity (Wildman–Crippen MR) is 317 cm³/mol. The van der Waals surface area contributed by atoms with Gasteiger partial charge in [-0.1, -0.05) is 159 Å². The zero-order chi connectivity index (χ0) is 56.8. The highest BCUT2D eigenvalue weighted by molar-refractivity contribution is 7.14. The second-order valence-electron chi connectivity index (χ2n) is 21.9. The molecule has 79 heavy (non-hydrogen) atoms. The Morgan fingerprint density at radius 2 is 0.962 bits per heavy atom. The largest absolute Gasteiger partial charge is 0.494 e. The number of carboxylic acid groups (broad SMARTS) is 1. The van der Waals surface area contributed by atoms with E-state index in [1.54, 1.807) is 18.5 Å². The van der Waals surface area contributed by atoms with Crippen molar-refractivity contribution >= 4 is 29.2 Å². The minimum absolute atomic E-state index is 0.0745. The number of esters is 1. The predicted octanol–water partition coefficient (Wildman–Crippen LogP) is 14.3. The van der Waals surface area contributed by atoms with Crippen molar-refractivity contribution in [1.29, 1.82) is 0 Å². The van der Waals surface area contributed by atoms with Crippen LogP contribution in [0.3, 0.4) is 0 Å². The monoisotopic (exact) mass is 1090 g/mol. The Morgan fingerprint density at radius 1 is 0.544 bits per heavy atom. The van der Waals surface area contributed by atoms with Crippen LogP contribution >= 0.6 is 11.3 Å². The number of nitrogens with one attached hydrogen (secondary N) is 1. The average Bonchev–Trinajstić information content (AvgIpc) is 3.97. The molecular weight excluding hydrogens is 1010 g/mol. The molecule has 14 heteroatoms. The number of aromatic nitrogens is 4. The molecule has 0 saturated heterocycles. The first-order valence-electron chi connectivity index (χ1n) is 27.8. The molecule has 0 aliphatic carbocycles. The van der Waals surface area contributed by atoms with Crippen LogP contribution in [-0.2, 0) is 32.6 Å². The van der Waals surface area contributed by atoms with Crippen molar-refractivity contribution < 1.29 is 33.7 Å². The van der Waals surface area contributed by atoms with Gasteiger partial charge in [-0.25, -0.2) is 24.7 Å². The van der Waals surface area contributed by atoms with E-state index in [0.29, 0.717) is 22.9 Å². The van der Waals surface area contributed by atoms with E-state index in [1.165, 1.54) is 62.7 Å². The van der Waals surface area contributed by atoms with Gasteiger partial charge in [-0.15, -0.1) is 11.3 Å². The molecular formula is C65H80N6O7S. The summed E-state index contributed by atoms with van der Waals surface area (Å²) in [6.07, 6.45) is 20.0. The van der Waals surface area contributed by atoms with E-state index in [4.69, 9.17) is 19.9 Å². The Balaban J connectivity index is 0.000000259. The molecule has 3 heterocycles. The number of hydrogen-bond donors (Lipinski definition) is 3. The SMILES string of the molecule is CCCCCCCOc1ccc(-c2cnc(-c3ccc(C[C@H](N)C(=O)OC(C)(C)C)cc3)nc2)cc1.CCCCCCCOc1ccc(-c2cnc(-c3ccc(C[C@H](NC(=O)c4ccc(C(C)(C)C)s4)C(=O)O)cc3)nc2)cc1. The van der Waals surface area contributed by atoms with Crippen LogP contribution in [0.25, 0.3) is 45.0 Å². The number of carbonyl (C=O) groups is 3. The molecule has 0 bridgehead atoms. The van der Waals surface area contributed by atoms with E-state index in [9.17, 15) is 19.5 Å². The highest BCUT2D eigenvalue weighted by atomic mass is 32.1. The van der Waals surface area contributed by atoms with Gasteiger partial charge in [-0.05, 0) is 104 Å². The van der Waals surface area contributed by atoms with Crippen LogP contribution < -0.4 is 20.5 Å². The lowest BCUT2D eigenvalue weighted by molar-refractivity contribution is -0.156. The number of nitrogens with two attached hydrogens (primary N) is 1. The third-order valence-corrected chi connectivity index (χ3v) is 14.4. The molecule has 4 aromatic carbocycles. The van der Waals surface area contributed by atoms with Crippen molar-refractivity contribution in [3.05, 3.63) is 155 Å². The summed E-state index contributed by atoms with van der Waals surface area (Å²) in [5.41, 5.74) is 12.8. The van der Waals surface area contributed by atoms with Gasteiger partial charge in [-0.3, -0.25) is 9.59 Å². The molecule has 0 radical (unpaired) electrons. The Hall–Kier alpha value is -7.29. The number of ether oxygens (including phenoxy) is 3. The number of carboxylic acids is 1. The molecule has 3 aromatic heterocycles. The normalized spacial score (nSPS) is 12.2. The molecule has 0 aliphatic rings. The third-order valence-electron chi connectivity index (χ3n) is 12.9. The summed E-state index contributed by atoms with van der Waals surface area (Å²) in [5.74, 6) is 1.12. The standard InChI is InChI=1S/C35H41N3O4S.C30H39N3O3/c1-5-6-7-8-9-20-42-28-16-14-25(15-17-28)27-22-36-32(37-23-27)26-12-10-24(11-13-26)21-29(34(40)41)38-33(39)30-18-19-31(43-30)35(2,3)4;1-5-6-7-8-9-18-35-26-16-14-23(15-17-26)25-20-32-28(33-21-25)24-12-10-22(11-13-24)19-27(31)29(34)36-30(2,3)4/h10-19,22-23,29H,5-9,20-21H2,1-4H3,(H,38,39)(H,40,41);10-17,20-21,27H,5-9,18-19,31H2,1-4H3/t29-;27-/m00/s1. The van der Waals surface area contributed by atoms with Gasteiger partial charge in [0.25, 0.3) is 5.91 Å². The number of amides is 1. The quantitative estimate of drug-likeness (QED) is 0.0344. The van der Waals surface area contributed by atoms with E-state index in [2.05, 4.69) is 59.9 Å². The number of thiophene rings is 1. The van der Waals surface area contributed by atoms with Crippen molar-refractivity contribution in [2.45, 2.75) is 156 Å². The van der Waals surface area contributed by atoms with Gasteiger partial charge in [0, 0.05) is 58.3 Å². The third kappa shape index (κ3) is 20.2.